The molecule has 0 aliphatic rings. The van der Waals surface area contributed by atoms with Crippen molar-refractivity contribution in [2.45, 2.75) is 4.90 Å². The van der Waals surface area contributed by atoms with Gasteiger partial charge in [-0.15, -0.1) is 10.1 Å². The zero-order chi connectivity index (χ0) is 10.7. The molecule has 0 saturated heterocycles. The highest BCUT2D eigenvalue weighted by molar-refractivity contribution is 7.94. The molecule has 2 rings (SSSR count). The van der Waals surface area contributed by atoms with Crippen molar-refractivity contribution in [3.63, 3.8) is 0 Å². The van der Waals surface area contributed by atoms with Crippen molar-refractivity contribution < 1.29 is 19.7 Å². The lowest BCUT2D eigenvalue weighted by atomic mass is 10.1. The van der Waals surface area contributed by atoms with E-state index in [9.17, 15) is 5.11 Å². The van der Waals surface area contributed by atoms with Crippen LogP contribution in [0.5, 0.6) is 5.75 Å². The predicted molar refractivity (Wildman–Crippen MR) is 54.0 cm³/mol. The first-order valence-corrected chi connectivity index (χ1v) is 4.89. The summed E-state index contributed by atoms with van der Waals surface area (Å²) in [5, 5.41) is 24.3. The second-order valence-electron chi connectivity index (χ2n) is 2.90. The average Bonchev–Trinajstić information content (AvgIpc) is 2.26. The van der Waals surface area contributed by atoms with Gasteiger partial charge in [0, 0.05) is 4.90 Å². The van der Waals surface area contributed by atoms with E-state index < -0.39 is 0 Å². The van der Waals surface area contributed by atoms with E-state index in [2.05, 4.69) is 9.37 Å². The standard InChI is InChI=1S/C10H8O4S/c11-9-3-1-8-6-10(15-14-13-12)4-2-7(8)5-9/h1-6,11-12H/p-1. The molecule has 0 spiro atoms. The second kappa shape index (κ2) is 4.50. The molecule has 78 valence electrons. The smallest absolute Gasteiger partial charge is 0.0714 e. The summed E-state index contributed by atoms with van der Waals surface area (Å²) in [6, 6.07) is 10.2. The molecule has 0 amide bonds. The highest BCUT2D eigenvalue weighted by Crippen LogP contribution is 2.25. The summed E-state index contributed by atoms with van der Waals surface area (Å²) in [7, 11) is 0. The summed E-state index contributed by atoms with van der Waals surface area (Å²) < 4.78 is 4.30. The SMILES string of the molecule is [O-]c1ccc2cc(SOOO)ccc2c1. The fraction of sp³-hybridized carbons (Fsp3) is 0. The molecule has 2 aromatic carbocycles. The van der Waals surface area contributed by atoms with Gasteiger partial charge >= 0.3 is 0 Å². The molecular formula is C10H7O4S-. The van der Waals surface area contributed by atoms with E-state index in [4.69, 9.17) is 5.26 Å². The molecule has 2 aromatic rings. The van der Waals surface area contributed by atoms with E-state index in [1.165, 1.54) is 6.07 Å². The van der Waals surface area contributed by atoms with Gasteiger partial charge in [-0.2, -0.15) is 0 Å². The molecule has 0 saturated carbocycles. The van der Waals surface area contributed by atoms with Crippen LogP contribution in [0.4, 0.5) is 0 Å². The van der Waals surface area contributed by atoms with Crippen LogP contribution in [-0.4, -0.2) is 5.26 Å². The van der Waals surface area contributed by atoms with Crippen molar-refractivity contribution in [3.8, 4) is 5.75 Å². The average molecular weight is 223 g/mol. The highest BCUT2D eigenvalue weighted by Gasteiger charge is 1.98. The fourth-order valence-electron chi connectivity index (χ4n) is 1.31. The van der Waals surface area contributed by atoms with Crippen LogP contribution in [-0.2, 0) is 9.37 Å². The Balaban J connectivity index is 2.34. The molecule has 0 atom stereocenters. The van der Waals surface area contributed by atoms with Gasteiger partial charge in [-0.25, -0.2) is 5.26 Å². The van der Waals surface area contributed by atoms with Gasteiger partial charge in [0.15, 0.2) is 0 Å². The van der Waals surface area contributed by atoms with Crippen LogP contribution in [0, 0.1) is 0 Å². The summed E-state index contributed by atoms with van der Waals surface area (Å²) in [5.74, 6) is -0.0159. The molecule has 0 aliphatic carbocycles. The highest BCUT2D eigenvalue weighted by atomic mass is 32.2. The van der Waals surface area contributed by atoms with Crippen LogP contribution in [0.25, 0.3) is 10.8 Å². The summed E-state index contributed by atoms with van der Waals surface area (Å²) in [6.07, 6.45) is 0. The Morgan fingerprint density at radius 3 is 2.60 bits per heavy atom. The molecule has 0 heterocycles. The molecule has 1 N–H and O–H groups in total. The molecule has 0 bridgehead atoms. The molecule has 0 fully saturated rings. The quantitative estimate of drug-likeness (QED) is 0.491. The minimum atomic E-state index is -0.0159. The summed E-state index contributed by atoms with van der Waals surface area (Å²) in [5.41, 5.74) is 0. The van der Waals surface area contributed by atoms with Crippen molar-refractivity contribution >= 4 is 22.8 Å². The van der Waals surface area contributed by atoms with Crippen LogP contribution >= 0.6 is 12.0 Å². The Labute approximate surface area is 90.1 Å². The molecule has 15 heavy (non-hydrogen) atoms. The van der Waals surface area contributed by atoms with Crippen LogP contribution in [0.1, 0.15) is 0 Å². The minimum absolute atomic E-state index is 0.0159. The van der Waals surface area contributed by atoms with Gasteiger partial charge in [0.25, 0.3) is 0 Å². The van der Waals surface area contributed by atoms with E-state index >= 15 is 0 Å². The third-order valence-electron chi connectivity index (χ3n) is 1.94. The van der Waals surface area contributed by atoms with Crippen LogP contribution in [0.2, 0.25) is 0 Å². The van der Waals surface area contributed by atoms with Gasteiger partial charge in [0.05, 0.1) is 12.0 Å². The maximum Gasteiger partial charge on any atom is 0.0714 e. The number of benzene rings is 2. The Morgan fingerprint density at radius 2 is 1.80 bits per heavy atom. The minimum Gasteiger partial charge on any atom is -0.872 e. The number of rotatable bonds is 3. The number of fused-ring (bicyclic) bond motifs is 1. The Hall–Kier alpha value is -1.27. The lowest BCUT2D eigenvalue weighted by Crippen LogP contribution is -1.88. The first-order chi connectivity index (χ1) is 7.29. The van der Waals surface area contributed by atoms with Gasteiger partial charge < -0.3 is 5.11 Å². The molecule has 0 radical (unpaired) electrons. The first-order valence-electron chi connectivity index (χ1n) is 4.15. The normalized spacial score (nSPS) is 10.7. The lowest BCUT2D eigenvalue weighted by molar-refractivity contribution is -0.432. The van der Waals surface area contributed by atoms with Crippen molar-refractivity contribution in [2.75, 3.05) is 0 Å². The Bertz CT molecular complexity index is 472. The Kier molecular flexibility index (Phi) is 3.08. The third-order valence-corrected chi connectivity index (χ3v) is 2.52. The molecule has 0 aliphatic heterocycles. The molecule has 5 heteroatoms. The van der Waals surface area contributed by atoms with Crippen molar-refractivity contribution in [1.82, 2.24) is 0 Å². The van der Waals surface area contributed by atoms with E-state index in [1.54, 1.807) is 24.3 Å². The zero-order valence-corrected chi connectivity index (χ0v) is 8.36. The van der Waals surface area contributed by atoms with Gasteiger partial charge in [0.1, 0.15) is 0 Å². The largest absolute Gasteiger partial charge is 0.872 e. The van der Waals surface area contributed by atoms with E-state index in [0.29, 0.717) is 0 Å². The van der Waals surface area contributed by atoms with Crippen LogP contribution in [0.15, 0.2) is 41.3 Å². The van der Waals surface area contributed by atoms with E-state index in [1.807, 2.05) is 6.07 Å². The van der Waals surface area contributed by atoms with Crippen molar-refractivity contribution in [2.24, 2.45) is 0 Å². The van der Waals surface area contributed by atoms with Gasteiger partial charge in [-0.3, -0.25) is 0 Å². The summed E-state index contributed by atoms with van der Waals surface area (Å²) in [4.78, 5) is 0.773. The molecule has 0 unspecified atom stereocenters. The number of hydrogen-bond donors (Lipinski definition) is 1. The second-order valence-corrected chi connectivity index (χ2v) is 3.67. The Morgan fingerprint density at radius 1 is 1.07 bits per heavy atom. The first kappa shape index (κ1) is 10.3. The van der Waals surface area contributed by atoms with Gasteiger partial charge in [-0.05, 0) is 22.9 Å². The van der Waals surface area contributed by atoms with Gasteiger partial charge in [0.2, 0.25) is 0 Å². The van der Waals surface area contributed by atoms with Crippen LogP contribution in [0.3, 0.4) is 0 Å². The molecular weight excluding hydrogens is 216 g/mol. The molecule has 4 nitrogen and oxygen atoms in total. The zero-order valence-electron chi connectivity index (χ0n) is 7.54. The fourth-order valence-corrected chi connectivity index (χ4v) is 1.72. The van der Waals surface area contributed by atoms with E-state index in [-0.39, 0.29) is 5.75 Å². The summed E-state index contributed by atoms with van der Waals surface area (Å²) >= 11 is 0.889. The maximum absolute atomic E-state index is 11.1. The van der Waals surface area contributed by atoms with Gasteiger partial charge in [-0.1, -0.05) is 29.3 Å². The van der Waals surface area contributed by atoms with Crippen molar-refractivity contribution in [3.05, 3.63) is 36.4 Å². The summed E-state index contributed by atoms with van der Waals surface area (Å²) in [6.45, 7) is 0. The maximum atomic E-state index is 11.1. The number of hydrogen-bond acceptors (Lipinski definition) is 5. The predicted octanol–water partition coefficient (Wildman–Crippen LogP) is 2.34. The molecule has 0 aromatic heterocycles. The third kappa shape index (κ3) is 2.40. The monoisotopic (exact) mass is 223 g/mol. The van der Waals surface area contributed by atoms with Crippen LogP contribution < -0.4 is 5.11 Å². The van der Waals surface area contributed by atoms with E-state index in [0.717, 1.165) is 27.7 Å². The topological polar surface area (TPSA) is 61.8 Å². The van der Waals surface area contributed by atoms with Crippen molar-refractivity contribution in [1.29, 1.82) is 0 Å². The lowest BCUT2D eigenvalue weighted by Gasteiger charge is -2.07.